The molecule has 3 rings (SSSR count). The van der Waals surface area contributed by atoms with Gasteiger partial charge in [0.05, 0.1) is 24.6 Å². The number of thiol groups is 1. The summed E-state index contributed by atoms with van der Waals surface area (Å²) in [7, 11) is -3.05. The van der Waals surface area contributed by atoms with Crippen LogP contribution in [0.2, 0.25) is 0 Å². The molecule has 0 unspecified atom stereocenters. The fourth-order valence-corrected chi connectivity index (χ4v) is 3.44. The van der Waals surface area contributed by atoms with Crippen molar-refractivity contribution < 1.29 is 28.2 Å². The van der Waals surface area contributed by atoms with Gasteiger partial charge in [0.1, 0.15) is 11.3 Å². The van der Waals surface area contributed by atoms with E-state index in [0.29, 0.717) is 32.0 Å². The summed E-state index contributed by atoms with van der Waals surface area (Å²) in [5, 5.41) is 18.9. The van der Waals surface area contributed by atoms with Crippen molar-refractivity contribution in [2.75, 3.05) is 35.5 Å². The van der Waals surface area contributed by atoms with Gasteiger partial charge in [0.15, 0.2) is 0 Å². The Morgan fingerprint density at radius 1 is 1.08 bits per heavy atom. The smallest absolute Gasteiger partial charge is 0.339 e. The maximum atomic E-state index is 11.8. The van der Waals surface area contributed by atoms with E-state index in [9.17, 15) is 18.3 Å². The lowest BCUT2D eigenvalue weighted by Crippen LogP contribution is -2.36. The van der Waals surface area contributed by atoms with Crippen molar-refractivity contribution in [3.05, 3.63) is 48.0 Å². The van der Waals surface area contributed by atoms with Crippen LogP contribution in [0, 0.1) is 0 Å². The zero-order chi connectivity index (χ0) is 18.7. The molecule has 1 heterocycles. The van der Waals surface area contributed by atoms with Crippen LogP contribution in [0.15, 0.2) is 42.5 Å². The minimum absolute atomic E-state index is 0.155. The summed E-state index contributed by atoms with van der Waals surface area (Å²) in [6.07, 6.45) is 0. The van der Waals surface area contributed by atoms with E-state index < -0.39 is 22.6 Å². The Morgan fingerprint density at radius 2 is 1.77 bits per heavy atom. The zero-order valence-electron chi connectivity index (χ0n) is 13.7. The van der Waals surface area contributed by atoms with Crippen LogP contribution in [0.25, 0.3) is 0 Å². The number of aromatic hydroxyl groups is 1. The summed E-state index contributed by atoms with van der Waals surface area (Å²) in [4.78, 5) is 13.1. The molecule has 0 spiro atoms. The Balaban J connectivity index is 1.98. The van der Waals surface area contributed by atoms with Crippen LogP contribution in [-0.4, -0.2) is 50.9 Å². The average Bonchev–Trinajstić information content (AvgIpc) is 2.62. The Labute approximate surface area is 151 Å². The van der Waals surface area contributed by atoms with Crippen LogP contribution in [0.1, 0.15) is 10.4 Å². The standard InChI is InChI=1S/C17H18N2O6S/c20-16-11-14(4-5-15(16)17(21)22)19(26(23)24)13-3-1-2-12(10-13)18-6-8-25-9-7-18/h1-5,10-11,20,26H,6-9H2,(H,21,22). The molecule has 1 fully saturated rings. The lowest BCUT2D eigenvalue weighted by Gasteiger charge is -2.29. The Hall–Kier alpha value is -2.78. The number of ether oxygens (including phenoxy) is 1. The number of rotatable bonds is 5. The molecule has 0 aromatic heterocycles. The second kappa shape index (κ2) is 7.63. The topological polar surface area (TPSA) is 107 Å². The van der Waals surface area contributed by atoms with Crippen molar-refractivity contribution in [3.8, 4) is 5.75 Å². The number of phenols is 1. The van der Waals surface area contributed by atoms with Gasteiger partial charge in [0, 0.05) is 24.8 Å². The Kier molecular flexibility index (Phi) is 5.29. The molecule has 2 aromatic rings. The van der Waals surface area contributed by atoms with Crippen LogP contribution >= 0.6 is 0 Å². The molecule has 1 saturated heterocycles. The fraction of sp³-hybridized carbons (Fsp3) is 0.235. The maximum Gasteiger partial charge on any atom is 0.339 e. The number of aromatic carboxylic acids is 1. The van der Waals surface area contributed by atoms with Gasteiger partial charge < -0.3 is 19.8 Å². The number of nitrogens with zero attached hydrogens (tertiary/aromatic N) is 2. The largest absolute Gasteiger partial charge is 0.507 e. The van der Waals surface area contributed by atoms with Crippen molar-refractivity contribution in [3.63, 3.8) is 0 Å². The van der Waals surface area contributed by atoms with Crippen molar-refractivity contribution in [2.45, 2.75) is 0 Å². The van der Waals surface area contributed by atoms with Crippen LogP contribution in [0.5, 0.6) is 5.75 Å². The third kappa shape index (κ3) is 3.73. The van der Waals surface area contributed by atoms with Gasteiger partial charge in [-0.2, -0.15) is 0 Å². The number of benzene rings is 2. The average molecular weight is 378 g/mol. The molecule has 138 valence electrons. The molecule has 1 aliphatic heterocycles. The minimum atomic E-state index is -3.05. The molecule has 2 N–H and O–H groups in total. The highest BCUT2D eigenvalue weighted by atomic mass is 32.2. The molecular formula is C17H18N2O6S. The lowest BCUT2D eigenvalue weighted by atomic mass is 10.1. The molecular weight excluding hydrogens is 360 g/mol. The predicted molar refractivity (Wildman–Crippen MR) is 97.0 cm³/mol. The van der Waals surface area contributed by atoms with Gasteiger partial charge in [-0.05, 0) is 30.3 Å². The molecule has 0 atom stereocenters. The zero-order valence-corrected chi connectivity index (χ0v) is 14.6. The van der Waals surface area contributed by atoms with Crippen molar-refractivity contribution in [1.29, 1.82) is 0 Å². The number of carboxylic acids is 1. The second-order valence-corrected chi connectivity index (χ2v) is 6.55. The highest BCUT2D eigenvalue weighted by Gasteiger charge is 2.18. The van der Waals surface area contributed by atoms with Gasteiger partial charge >= 0.3 is 5.97 Å². The van der Waals surface area contributed by atoms with Crippen LogP contribution in [-0.2, 0) is 15.6 Å². The maximum absolute atomic E-state index is 11.8. The van der Waals surface area contributed by atoms with Gasteiger partial charge in [0.25, 0.3) is 0 Å². The number of hydrogen-bond donors (Lipinski definition) is 3. The number of carbonyl (C=O) groups is 1. The summed E-state index contributed by atoms with van der Waals surface area (Å²) < 4.78 is 30.1. The van der Waals surface area contributed by atoms with Gasteiger partial charge in [-0.3, -0.25) is 0 Å². The van der Waals surface area contributed by atoms with E-state index in [4.69, 9.17) is 9.84 Å². The highest BCUT2D eigenvalue weighted by Crippen LogP contribution is 2.32. The molecule has 0 saturated carbocycles. The predicted octanol–water partition coefficient (Wildman–Crippen LogP) is 1.59. The van der Waals surface area contributed by atoms with E-state index in [1.165, 1.54) is 12.1 Å². The van der Waals surface area contributed by atoms with Crippen LogP contribution in [0.3, 0.4) is 0 Å². The summed E-state index contributed by atoms with van der Waals surface area (Å²) in [5.74, 6) is -1.79. The first kappa shape index (κ1) is 18.0. The number of morpholine rings is 1. The summed E-state index contributed by atoms with van der Waals surface area (Å²) in [6.45, 7) is 2.63. The first-order chi connectivity index (χ1) is 12.5. The second-order valence-electron chi connectivity index (χ2n) is 5.68. The van der Waals surface area contributed by atoms with E-state index in [0.717, 1.165) is 16.1 Å². The van der Waals surface area contributed by atoms with E-state index in [2.05, 4.69) is 4.90 Å². The highest BCUT2D eigenvalue weighted by molar-refractivity contribution is 7.74. The van der Waals surface area contributed by atoms with Crippen molar-refractivity contribution in [1.82, 2.24) is 0 Å². The molecule has 2 aromatic carbocycles. The van der Waals surface area contributed by atoms with Crippen LogP contribution in [0.4, 0.5) is 17.1 Å². The molecule has 26 heavy (non-hydrogen) atoms. The summed E-state index contributed by atoms with van der Waals surface area (Å²) >= 11 is 0. The van der Waals surface area contributed by atoms with Gasteiger partial charge in [-0.1, -0.05) is 6.07 Å². The monoisotopic (exact) mass is 378 g/mol. The molecule has 0 amide bonds. The number of carboxylic acid groups (broad SMARTS) is 1. The molecule has 0 aliphatic carbocycles. The quantitative estimate of drug-likeness (QED) is 0.678. The molecule has 9 heteroatoms. The minimum Gasteiger partial charge on any atom is -0.507 e. The lowest BCUT2D eigenvalue weighted by molar-refractivity contribution is 0.0693. The van der Waals surface area contributed by atoms with Gasteiger partial charge in [-0.25, -0.2) is 17.5 Å². The fourth-order valence-electron chi connectivity index (χ4n) is 2.81. The molecule has 1 aliphatic rings. The number of hydrogen-bond acceptors (Lipinski definition) is 6. The van der Waals surface area contributed by atoms with E-state index in [-0.39, 0.29) is 11.3 Å². The number of anilines is 3. The van der Waals surface area contributed by atoms with Crippen molar-refractivity contribution >= 4 is 33.9 Å². The van der Waals surface area contributed by atoms with E-state index in [1.807, 2.05) is 6.07 Å². The molecule has 8 nitrogen and oxygen atoms in total. The van der Waals surface area contributed by atoms with Gasteiger partial charge in [0.2, 0.25) is 10.9 Å². The SMILES string of the molecule is O=C(O)c1ccc(N(c2cccc(N3CCOCC3)c2)[SH](=O)=O)cc1O. The summed E-state index contributed by atoms with van der Waals surface area (Å²) in [5.41, 5.74) is 1.12. The van der Waals surface area contributed by atoms with Crippen molar-refractivity contribution in [2.24, 2.45) is 0 Å². The Bertz CT molecular complexity index is 885. The summed E-state index contributed by atoms with van der Waals surface area (Å²) in [6, 6.07) is 10.6. The van der Waals surface area contributed by atoms with Crippen LogP contribution < -0.4 is 9.21 Å². The molecule has 0 bridgehead atoms. The van der Waals surface area contributed by atoms with E-state index in [1.54, 1.807) is 18.2 Å². The van der Waals surface area contributed by atoms with E-state index >= 15 is 0 Å². The third-order valence-electron chi connectivity index (χ3n) is 4.07. The normalized spacial score (nSPS) is 14.4. The molecule has 0 radical (unpaired) electrons. The van der Waals surface area contributed by atoms with Gasteiger partial charge in [-0.15, -0.1) is 0 Å². The Morgan fingerprint density at radius 3 is 2.38 bits per heavy atom. The first-order valence-corrected chi connectivity index (χ1v) is 9.04. The first-order valence-electron chi connectivity index (χ1n) is 7.91. The third-order valence-corrected chi connectivity index (χ3v) is 4.86.